The molecule has 10 aromatic rings. The Labute approximate surface area is 308 Å². The van der Waals surface area contributed by atoms with Gasteiger partial charge in [0.2, 0.25) is 0 Å². The third-order valence-corrected chi connectivity index (χ3v) is 11.7. The van der Waals surface area contributed by atoms with E-state index >= 15 is 0 Å². The van der Waals surface area contributed by atoms with Crippen molar-refractivity contribution in [2.24, 2.45) is 0 Å². The first kappa shape index (κ1) is 30.0. The smallest absolute Gasteiger partial charge is 0.0544 e. The second-order valence-corrected chi connectivity index (χ2v) is 15.0. The van der Waals surface area contributed by atoms with E-state index in [-0.39, 0.29) is 5.41 Å². The summed E-state index contributed by atoms with van der Waals surface area (Å²) >= 11 is 0. The van der Waals surface area contributed by atoms with Crippen LogP contribution in [0.5, 0.6) is 0 Å². The second kappa shape index (κ2) is 11.2. The van der Waals surface area contributed by atoms with Crippen LogP contribution in [0.2, 0.25) is 0 Å². The molecule has 2 aromatic heterocycles. The molecule has 1 aliphatic rings. The Morgan fingerprint density at radius 3 is 1.55 bits per heavy atom. The van der Waals surface area contributed by atoms with Crippen LogP contribution in [0.15, 0.2) is 182 Å². The molecule has 11 rings (SSSR count). The molecule has 8 aromatic carbocycles. The molecule has 2 nitrogen and oxygen atoms in total. The minimum absolute atomic E-state index is 0.0601. The summed E-state index contributed by atoms with van der Waals surface area (Å²) in [5.41, 5.74) is 17.6. The van der Waals surface area contributed by atoms with Crippen LogP contribution in [0.3, 0.4) is 0 Å². The summed E-state index contributed by atoms with van der Waals surface area (Å²) in [5.74, 6) is 0. The Morgan fingerprint density at radius 1 is 0.321 bits per heavy atom. The van der Waals surface area contributed by atoms with Gasteiger partial charge < -0.3 is 9.13 Å². The molecule has 1 aliphatic carbocycles. The van der Waals surface area contributed by atoms with Crippen molar-refractivity contribution in [3.8, 4) is 44.8 Å². The van der Waals surface area contributed by atoms with Gasteiger partial charge in [-0.25, -0.2) is 0 Å². The van der Waals surface area contributed by atoms with Gasteiger partial charge in [-0.1, -0.05) is 129 Å². The number of hydrogen-bond donors (Lipinski definition) is 0. The molecule has 0 unspecified atom stereocenters. The SMILES string of the molecule is CC1(C)c2ccccc2-c2cc3c4ccccc4n(-c4ccc(-c5ccc6c(c5)c5cc(-c7ccccc7)ccc5n6-c5ccccc5)cc4)c3cc21. The molecule has 2 heterocycles. The van der Waals surface area contributed by atoms with Crippen LogP contribution in [0.4, 0.5) is 0 Å². The third-order valence-electron chi connectivity index (χ3n) is 11.7. The molecule has 250 valence electrons. The van der Waals surface area contributed by atoms with E-state index in [0.29, 0.717) is 0 Å². The summed E-state index contributed by atoms with van der Waals surface area (Å²) in [7, 11) is 0. The van der Waals surface area contributed by atoms with Crippen LogP contribution in [0.25, 0.3) is 88.4 Å². The van der Waals surface area contributed by atoms with Crippen molar-refractivity contribution in [3.63, 3.8) is 0 Å². The van der Waals surface area contributed by atoms with Crippen molar-refractivity contribution in [2.45, 2.75) is 19.3 Å². The molecule has 0 radical (unpaired) electrons. The lowest BCUT2D eigenvalue weighted by Crippen LogP contribution is -2.14. The number of rotatable bonds is 4. The van der Waals surface area contributed by atoms with Crippen LogP contribution in [-0.4, -0.2) is 9.13 Å². The Balaban J connectivity index is 1.06. The number of para-hydroxylation sites is 2. The van der Waals surface area contributed by atoms with E-state index in [4.69, 9.17) is 0 Å². The van der Waals surface area contributed by atoms with E-state index in [1.807, 2.05) is 0 Å². The maximum Gasteiger partial charge on any atom is 0.0544 e. The molecular formula is C51H36N2. The molecule has 0 fully saturated rings. The summed E-state index contributed by atoms with van der Waals surface area (Å²) in [6.07, 6.45) is 0. The lowest BCUT2D eigenvalue weighted by molar-refractivity contribution is 0.661. The summed E-state index contributed by atoms with van der Waals surface area (Å²) in [5, 5.41) is 5.09. The highest BCUT2D eigenvalue weighted by atomic mass is 15.0. The van der Waals surface area contributed by atoms with Crippen molar-refractivity contribution in [2.75, 3.05) is 0 Å². The normalized spacial score (nSPS) is 13.2. The first-order chi connectivity index (χ1) is 26.0. The number of hydrogen-bond acceptors (Lipinski definition) is 0. The maximum atomic E-state index is 2.46. The first-order valence-corrected chi connectivity index (χ1v) is 18.5. The number of fused-ring (bicyclic) bond motifs is 9. The van der Waals surface area contributed by atoms with Gasteiger partial charge in [-0.3, -0.25) is 0 Å². The van der Waals surface area contributed by atoms with E-state index in [0.717, 1.165) is 0 Å². The molecule has 0 amide bonds. The average molecular weight is 677 g/mol. The maximum absolute atomic E-state index is 2.46. The predicted molar refractivity (Wildman–Crippen MR) is 224 cm³/mol. The van der Waals surface area contributed by atoms with Crippen molar-refractivity contribution < 1.29 is 0 Å². The molecular weight excluding hydrogens is 641 g/mol. The summed E-state index contributed by atoms with van der Waals surface area (Å²) < 4.78 is 4.85. The van der Waals surface area contributed by atoms with Gasteiger partial charge in [0.05, 0.1) is 22.1 Å². The third kappa shape index (κ3) is 4.39. The molecule has 0 atom stereocenters. The Bertz CT molecular complexity index is 3050. The fourth-order valence-corrected chi connectivity index (χ4v) is 9.11. The van der Waals surface area contributed by atoms with E-state index in [2.05, 4.69) is 205 Å². The zero-order chi connectivity index (χ0) is 35.3. The highest BCUT2D eigenvalue weighted by molar-refractivity contribution is 6.13. The summed E-state index contributed by atoms with van der Waals surface area (Å²) in [6, 6.07) is 67.0. The van der Waals surface area contributed by atoms with Gasteiger partial charge in [0.25, 0.3) is 0 Å². The quantitative estimate of drug-likeness (QED) is 0.176. The van der Waals surface area contributed by atoms with Gasteiger partial charge in [0, 0.05) is 38.3 Å². The monoisotopic (exact) mass is 676 g/mol. The largest absolute Gasteiger partial charge is 0.309 e. The Hall–Kier alpha value is -6.64. The van der Waals surface area contributed by atoms with E-state index < -0.39 is 0 Å². The van der Waals surface area contributed by atoms with Crippen molar-refractivity contribution in [1.82, 2.24) is 9.13 Å². The minimum atomic E-state index is -0.0601. The minimum Gasteiger partial charge on any atom is -0.309 e. The topological polar surface area (TPSA) is 9.86 Å². The van der Waals surface area contributed by atoms with Crippen LogP contribution < -0.4 is 0 Å². The standard InChI is InChI=1S/C51H36N2/c1-51(2)45-19-11-9-17-39(45)41-31-44-40-18-10-12-20-47(40)53(50(44)32-46(41)51)38-25-21-34(22-26-38)36-24-28-49-43(30-36)42-29-35(33-13-5-3-6-14-33)23-27-48(42)52(49)37-15-7-4-8-16-37/h3-32H,1-2H3. The van der Waals surface area contributed by atoms with Gasteiger partial charge in [-0.15, -0.1) is 0 Å². The van der Waals surface area contributed by atoms with Gasteiger partial charge in [0.1, 0.15) is 0 Å². The van der Waals surface area contributed by atoms with Crippen LogP contribution in [-0.2, 0) is 5.41 Å². The Kier molecular flexibility index (Phi) is 6.33. The van der Waals surface area contributed by atoms with Crippen molar-refractivity contribution in [3.05, 3.63) is 193 Å². The molecule has 2 heteroatoms. The van der Waals surface area contributed by atoms with Crippen molar-refractivity contribution in [1.29, 1.82) is 0 Å². The fraction of sp³-hybridized carbons (Fsp3) is 0.0588. The lowest BCUT2D eigenvalue weighted by atomic mass is 9.82. The molecule has 0 bridgehead atoms. The van der Waals surface area contributed by atoms with Crippen LogP contribution >= 0.6 is 0 Å². The number of benzene rings is 8. The highest BCUT2D eigenvalue weighted by Gasteiger charge is 2.36. The van der Waals surface area contributed by atoms with Gasteiger partial charge in [-0.2, -0.15) is 0 Å². The van der Waals surface area contributed by atoms with Gasteiger partial charge >= 0.3 is 0 Å². The molecule has 0 N–H and O–H groups in total. The van der Waals surface area contributed by atoms with E-state index in [9.17, 15) is 0 Å². The number of nitrogens with zero attached hydrogens (tertiary/aromatic N) is 2. The summed E-state index contributed by atoms with van der Waals surface area (Å²) in [4.78, 5) is 0. The lowest BCUT2D eigenvalue weighted by Gasteiger charge is -2.21. The van der Waals surface area contributed by atoms with Crippen LogP contribution in [0.1, 0.15) is 25.0 Å². The number of aromatic nitrogens is 2. The first-order valence-electron chi connectivity index (χ1n) is 18.5. The summed E-state index contributed by atoms with van der Waals surface area (Å²) in [6.45, 7) is 4.73. The molecule has 0 saturated heterocycles. The molecule has 0 aliphatic heterocycles. The van der Waals surface area contributed by atoms with Gasteiger partial charge in [0.15, 0.2) is 0 Å². The zero-order valence-corrected chi connectivity index (χ0v) is 29.7. The fourth-order valence-electron chi connectivity index (χ4n) is 9.11. The molecule has 53 heavy (non-hydrogen) atoms. The zero-order valence-electron chi connectivity index (χ0n) is 29.7. The van der Waals surface area contributed by atoms with E-state index in [1.165, 1.54) is 99.5 Å². The average Bonchev–Trinajstić information content (AvgIpc) is 3.80. The van der Waals surface area contributed by atoms with Crippen LogP contribution in [0, 0.1) is 0 Å². The van der Waals surface area contributed by atoms with E-state index in [1.54, 1.807) is 0 Å². The van der Waals surface area contributed by atoms with Crippen molar-refractivity contribution >= 4 is 43.6 Å². The predicted octanol–water partition coefficient (Wildman–Crippen LogP) is 13.5. The highest BCUT2D eigenvalue weighted by Crippen LogP contribution is 2.51. The Morgan fingerprint density at radius 2 is 0.830 bits per heavy atom. The van der Waals surface area contributed by atoms with Gasteiger partial charge in [-0.05, 0) is 111 Å². The second-order valence-electron chi connectivity index (χ2n) is 15.0. The molecule has 0 saturated carbocycles. The molecule has 0 spiro atoms.